The highest BCUT2D eigenvalue weighted by Gasteiger charge is 2.03. The van der Waals surface area contributed by atoms with Gasteiger partial charge in [-0.2, -0.15) is 10.1 Å². The van der Waals surface area contributed by atoms with Crippen molar-refractivity contribution in [3.05, 3.63) is 34.9 Å². The summed E-state index contributed by atoms with van der Waals surface area (Å²) in [5.74, 6) is 1.09. The molecule has 0 aliphatic carbocycles. The van der Waals surface area contributed by atoms with Crippen molar-refractivity contribution in [2.45, 2.75) is 0 Å². The number of anilines is 3. The van der Waals surface area contributed by atoms with Crippen molar-refractivity contribution in [2.75, 3.05) is 30.9 Å². The molecule has 7 heteroatoms. The van der Waals surface area contributed by atoms with E-state index in [0.29, 0.717) is 24.9 Å². The largest absolute Gasteiger partial charge is 0.383 e. The van der Waals surface area contributed by atoms with Crippen LogP contribution in [0.15, 0.2) is 34.9 Å². The molecule has 0 aliphatic rings. The summed E-state index contributed by atoms with van der Waals surface area (Å²) >= 11 is 3.45. The maximum atomic E-state index is 4.96. The Morgan fingerprint density at radius 3 is 2.95 bits per heavy atom. The van der Waals surface area contributed by atoms with Crippen molar-refractivity contribution in [1.29, 1.82) is 0 Å². The third kappa shape index (κ3) is 4.15. The lowest BCUT2D eigenvalue weighted by atomic mass is 10.3. The zero-order valence-corrected chi connectivity index (χ0v) is 12.0. The number of methoxy groups -OCH3 is 1. The van der Waals surface area contributed by atoms with E-state index < -0.39 is 0 Å². The molecule has 0 saturated heterocycles. The zero-order chi connectivity index (χ0) is 13.5. The summed E-state index contributed by atoms with van der Waals surface area (Å²) in [5.41, 5.74) is 0.887. The predicted molar refractivity (Wildman–Crippen MR) is 77.6 cm³/mol. The van der Waals surface area contributed by atoms with Crippen LogP contribution in [0.4, 0.5) is 17.5 Å². The summed E-state index contributed by atoms with van der Waals surface area (Å²) in [7, 11) is 1.65. The number of rotatable bonds is 6. The molecule has 0 unspecified atom stereocenters. The molecule has 0 amide bonds. The average Bonchev–Trinajstić information content (AvgIpc) is 2.42. The molecule has 0 atom stereocenters. The Kier molecular flexibility index (Phi) is 5.05. The van der Waals surface area contributed by atoms with Gasteiger partial charge in [0.25, 0.3) is 0 Å². The van der Waals surface area contributed by atoms with Gasteiger partial charge in [0.15, 0.2) is 5.82 Å². The Morgan fingerprint density at radius 2 is 2.16 bits per heavy atom. The maximum Gasteiger partial charge on any atom is 0.249 e. The van der Waals surface area contributed by atoms with E-state index in [-0.39, 0.29) is 0 Å². The summed E-state index contributed by atoms with van der Waals surface area (Å²) in [6, 6.07) is 7.74. The van der Waals surface area contributed by atoms with Gasteiger partial charge in [-0.1, -0.05) is 12.1 Å². The van der Waals surface area contributed by atoms with Crippen LogP contribution in [0.25, 0.3) is 0 Å². The Labute approximate surface area is 119 Å². The lowest BCUT2D eigenvalue weighted by molar-refractivity contribution is 0.210. The molecule has 0 fully saturated rings. The Morgan fingerprint density at radius 1 is 1.32 bits per heavy atom. The van der Waals surface area contributed by atoms with E-state index in [0.717, 1.165) is 10.2 Å². The number of halogens is 1. The molecular formula is C12H14BrN5O. The second kappa shape index (κ2) is 7.01. The van der Waals surface area contributed by atoms with Crippen molar-refractivity contribution in [1.82, 2.24) is 15.2 Å². The Balaban J connectivity index is 2.05. The summed E-state index contributed by atoms with van der Waals surface area (Å²) in [4.78, 5) is 4.31. The molecule has 6 nitrogen and oxygen atoms in total. The van der Waals surface area contributed by atoms with Gasteiger partial charge in [-0.25, -0.2) is 0 Å². The third-order valence-corrected chi connectivity index (χ3v) is 2.98. The van der Waals surface area contributed by atoms with Crippen molar-refractivity contribution < 1.29 is 4.74 Å². The van der Waals surface area contributed by atoms with Crippen LogP contribution >= 0.6 is 15.9 Å². The van der Waals surface area contributed by atoms with Crippen molar-refractivity contribution >= 4 is 33.4 Å². The number of ether oxygens (including phenoxy) is 1. The number of hydrogen-bond donors (Lipinski definition) is 2. The Bertz CT molecular complexity index is 537. The minimum Gasteiger partial charge on any atom is -0.383 e. The van der Waals surface area contributed by atoms with Crippen LogP contribution in [0, 0.1) is 0 Å². The van der Waals surface area contributed by atoms with Gasteiger partial charge in [-0.05, 0) is 28.1 Å². The monoisotopic (exact) mass is 323 g/mol. The van der Waals surface area contributed by atoms with E-state index in [1.807, 2.05) is 24.3 Å². The second-order valence-corrected chi connectivity index (χ2v) is 4.54. The van der Waals surface area contributed by atoms with Gasteiger partial charge in [0, 0.05) is 18.1 Å². The second-order valence-electron chi connectivity index (χ2n) is 3.69. The highest BCUT2D eigenvalue weighted by molar-refractivity contribution is 9.10. The van der Waals surface area contributed by atoms with Gasteiger partial charge in [-0.3, -0.25) is 0 Å². The van der Waals surface area contributed by atoms with Crippen molar-refractivity contribution in [2.24, 2.45) is 0 Å². The first-order valence-corrected chi connectivity index (χ1v) is 6.53. The molecule has 0 radical (unpaired) electrons. The first-order chi connectivity index (χ1) is 9.29. The number of nitrogens with one attached hydrogen (secondary N) is 2. The predicted octanol–water partition coefficient (Wildman–Crippen LogP) is 2.44. The van der Waals surface area contributed by atoms with Crippen LogP contribution in [0.5, 0.6) is 0 Å². The maximum absolute atomic E-state index is 4.96. The average molecular weight is 324 g/mol. The van der Waals surface area contributed by atoms with E-state index in [1.54, 1.807) is 13.3 Å². The Hall–Kier alpha value is -1.73. The lowest BCUT2D eigenvalue weighted by Crippen LogP contribution is -2.10. The third-order valence-electron chi connectivity index (χ3n) is 2.29. The summed E-state index contributed by atoms with van der Waals surface area (Å²) in [6.45, 7) is 1.28. The van der Waals surface area contributed by atoms with Crippen LogP contribution in [-0.4, -0.2) is 35.4 Å². The first kappa shape index (κ1) is 13.7. The van der Waals surface area contributed by atoms with Gasteiger partial charge < -0.3 is 15.4 Å². The standard InChI is InChI=1S/C12H14BrN5O/c1-19-7-6-14-11-8-15-18-12(17-11)16-10-5-3-2-4-9(10)13/h2-5,8H,6-7H2,1H3,(H2,14,16,17,18). The first-order valence-electron chi connectivity index (χ1n) is 5.73. The number of aromatic nitrogens is 3. The highest BCUT2D eigenvalue weighted by atomic mass is 79.9. The number of para-hydroxylation sites is 1. The quantitative estimate of drug-likeness (QED) is 0.795. The van der Waals surface area contributed by atoms with Crippen LogP contribution in [0.2, 0.25) is 0 Å². The summed E-state index contributed by atoms with van der Waals surface area (Å²) < 4.78 is 5.90. The van der Waals surface area contributed by atoms with Crippen molar-refractivity contribution in [3.63, 3.8) is 0 Å². The molecule has 1 aromatic carbocycles. The van der Waals surface area contributed by atoms with Gasteiger partial charge in [-0.15, -0.1) is 5.10 Å². The van der Waals surface area contributed by atoms with Gasteiger partial charge in [0.05, 0.1) is 18.5 Å². The van der Waals surface area contributed by atoms with Crippen LogP contribution in [0.3, 0.4) is 0 Å². The highest BCUT2D eigenvalue weighted by Crippen LogP contribution is 2.23. The minimum atomic E-state index is 0.439. The molecular weight excluding hydrogens is 310 g/mol. The molecule has 1 aromatic heterocycles. The summed E-state index contributed by atoms with van der Waals surface area (Å²) in [6.07, 6.45) is 1.57. The van der Waals surface area contributed by atoms with E-state index in [9.17, 15) is 0 Å². The number of hydrogen-bond acceptors (Lipinski definition) is 6. The number of benzene rings is 1. The molecule has 2 aromatic rings. The van der Waals surface area contributed by atoms with Gasteiger partial charge >= 0.3 is 0 Å². The minimum absolute atomic E-state index is 0.439. The molecule has 100 valence electrons. The molecule has 0 aliphatic heterocycles. The van der Waals surface area contributed by atoms with E-state index in [4.69, 9.17) is 4.74 Å². The molecule has 19 heavy (non-hydrogen) atoms. The van der Waals surface area contributed by atoms with E-state index in [2.05, 4.69) is 41.7 Å². The molecule has 0 saturated carbocycles. The fourth-order valence-electron chi connectivity index (χ4n) is 1.41. The summed E-state index contributed by atoms with van der Waals surface area (Å²) in [5, 5.41) is 14.0. The lowest BCUT2D eigenvalue weighted by Gasteiger charge is -2.08. The van der Waals surface area contributed by atoms with Crippen LogP contribution in [-0.2, 0) is 4.74 Å². The molecule has 0 spiro atoms. The van der Waals surface area contributed by atoms with E-state index >= 15 is 0 Å². The number of nitrogens with zero attached hydrogens (tertiary/aromatic N) is 3. The fraction of sp³-hybridized carbons (Fsp3) is 0.250. The molecule has 0 bridgehead atoms. The molecule has 2 N–H and O–H groups in total. The van der Waals surface area contributed by atoms with Crippen molar-refractivity contribution in [3.8, 4) is 0 Å². The zero-order valence-electron chi connectivity index (χ0n) is 10.4. The smallest absolute Gasteiger partial charge is 0.249 e. The molecule has 2 rings (SSSR count). The van der Waals surface area contributed by atoms with Gasteiger partial charge in [0.2, 0.25) is 5.95 Å². The van der Waals surface area contributed by atoms with E-state index in [1.165, 1.54) is 0 Å². The normalized spacial score (nSPS) is 10.2. The van der Waals surface area contributed by atoms with Crippen LogP contribution < -0.4 is 10.6 Å². The molecule has 1 heterocycles. The topological polar surface area (TPSA) is 72.0 Å². The van der Waals surface area contributed by atoms with Crippen LogP contribution in [0.1, 0.15) is 0 Å². The van der Waals surface area contributed by atoms with Gasteiger partial charge in [0.1, 0.15) is 0 Å². The fourth-order valence-corrected chi connectivity index (χ4v) is 1.79. The SMILES string of the molecule is COCCNc1cnnc(Nc2ccccc2Br)n1.